The van der Waals surface area contributed by atoms with Crippen LogP contribution in [0.25, 0.3) is 0 Å². The highest BCUT2D eigenvalue weighted by Gasteiger charge is 2.30. The summed E-state index contributed by atoms with van der Waals surface area (Å²) >= 11 is 3.44. The fourth-order valence-corrected chi connectivity index (χ4v) is 3.73. The third-order valence-corrected chi connectivity index (χ3v) is 5.73. The second-order valence-electron chi connectivity index (χ2n) is 7.41. The van der Waals surface area contributed by atoms with E-state index in [1.54, 1.807) is 31.2 Å². The molecule has 2 amide bonds. The van der Waals surface area contributed by atoms with Crippen LogP contribution in [0.3, 0.4) is 0 Å². The number of likely N-dealkylation sites (N-methyl/N-ethyl adjacent to an activating group) is 1. The van der Waals surface area contributed by atoms with Crippen LogP contribution < -0.4 is 14.8 Å². The van der Waals surface area contributed by atoms with Gasteiger partial charge in [-0.3, -0.25) is 9.59 Å². The summed E-state index contributed by atoms with van der Waals surface area (Å²) in [4.78, 5) is 27.9. The van der Waals surface area contributed by atoms with Crippen molar-refractivity contribution < 1.29 is 19.1 Å². The second kappa shape index (κ2) is 12.1. The molecule has 3 aromatic rings. The van der Waals surface area contributed by atoms with Gasteiger partial charge in [-0.1, -0.05) is 70.5 Å². The lowest BCUT2D eigenvalue weighted by Gasteiger charge is -2.31. The Kier molecular flexibility index (Phi) is 8.89. The van der Waals surface area contributed by atoms with Gasteiger partial charge in [0.05, 0.1) is 7.11 Å². The quantitative estimate of drug-likeness (QED) is 0.443. The molecule has 1 N–H and O–H groups in total. The summed E-state index contributed by atoms with van der Waals surface area (Å²) in [7, 11) is 3.12. The number of para-hydroxylation sites is 2. The summed E-state index contributed by atoms with van der Waals surface area (Å²) in [6.45, 7) is 0.0471. The molecule has 0 saturated heterocycles. The van der Waals surface area contributed by atoms with Crippen LogP contribution in [0.5, 0.6) is 11.5 Å². The molecule has 0 bridgehead atoms. The van der Waals surface area contributed by atoms with Gasteiger partial charge >= 0.3 is 0 Å². The van der Waals surface area contributed by atoms with Gasteiger partial charge in [0, 0.05) is 24.5 Å². The Morgan fingerprint density at radius 1 is 0.909 bits per heavy atom. The maximum absolute atomic E-state index is 13.4. The van der Waals surface area contributed by atoms with Crippen LogP contribution in [0.15, 0.2) is 83.3 Å². The molecule has 33 heavy (non-hydrogen) atoms. The highest BCUT2D eigenvalue weighted by atomic mass is 79.9. The average molecular weight is 511 g/mol. The number of hydrogen-bond acceptors (Lipinski definition) is 4. The Morgan fingerprint density at radius 3 is 2.18 bits per heavy atom. The van der Waals surface area contributed by atoms with E-state index in [2.05, 4.69) is 21.2 Å². The minimum Gasteiger partial charge on any atom is -0.493 e. The fraction of sp³-hybridized carbons (Fsp3) is 0.231. The maximum atomic E-state index is 13.4. The molecule has 3 aromatic carbocycles. The number of carbonyl (C=O) groups excluding carboxylic acids is 2. The van der Waals surface area contributed by atoms with Crippen LogP contribution in [0, 0.1) is 0 Å². The van der Waals surface area contributed by atoms with Crippen molar-refractivity contribution in [3.63, 3.8) is 0 Å². The summed E-state index contributed by atoms with van der Waals surface area (Å²) < 4.78 is 12.0. The van der Waals surface area contributed by atoms with Crippen LogP contribution in [-0.4, -0.2) is 43.5 Å². The van der Waals surface area contributed by atoms with E-state index >= 15 is 0 Å². The molecule has 0 heterocycles. The first-order valence-electron chi connectivity index (χ1n) is 10.6. The number of carbonyl (C=O) groups is 2. The lowest BCUT2D eigenvalue weighted by Crippen LogP contribution is -2.51. The number of halogens is 1. The van der Waals surface area contributed by atoms with Crippen LogP contribution in [-0.2, 0) is 22.6 Å². The number of amides is 2. The SMILES string of the molecule is CNC(=O)C(Cc1ccccc1)N(Cc1ccc(Br)cc1)C(=O)COc1ccccc1OC. The van der Waals surface area contributed by atoms with Crippen molar-refractivity contribution in [2.24, 2.45) is 0 Å². The van der Waals surface area contributed by atoms with Gasteiger partial charge in [-0.25, -0.2) is 0 Å². The maximum Gasteiger partial charge on any atom is 0.261 e. The first kappa shape index (κ1) is 24.3. The molecule has 1 unspecified atom stereocenters. The van der Waals surface area contributed by atoms with Crippen molar-refractivity contribution in [1.29, 1.82) is 0 Å². The third kappa shape index (κ3) is 6.83. The van der Waals surface area contributed by atoms with Gasteiger partial charge in [0.15, 0.2) is 18.1 Å². The molecule has 0 saturated carbocycles. The minimum absolute atomic E-state index is 0.223. The van der Waals surface area contributed by atoms with Crippen molar-refractivity contribution in [2.75, 3.05) is 20.8 Å². The zero-order chi connectivity index (χ0) is 23.6. The Morgan fingerprint density at radius 2 is 1.55 bits per heavy atom. The predicted molar refractivity (Wildman–Crippen MR) is 131 cm³/mol. The molecule has 0 aliphatic heterocycles. The number of hydrogen-bond donors (Lipinski definition) is 1. The summed E-state index contributed by atoms with van der Waals surface area (Å²) in [5.41, 5.74) is 1.87. The van der Waals surface area contributed by atoms with Crippen molar-refractivity contribution in [1.82, 2.24) is 10.2 Å². The van der Waals surface area contributed by atoms with Crippen LogP contribution in [0.4, 0.5) is 0 Å². The zero-order valence-corrected chi connectivity index (χ0v) is 20.2. The third-order valence-electron chi connectivity index (χ3n) is 5.20. The summed E-state index contributed by atoms with van der Waals surface area (Å²) in [5.74, 6) is 0.475. The Labute approximate surface area is 202 Å². The molecule has 7 heteroatoms. The molecular formula is C26H27BrN2O4. The van der Waals surface area contributed by atoms with E-state index in [0.717, 1.165) is 15.6 Å². The topological polar surface area (TPSA) is 67.9 Å². The number of nitrogens with zero attached hydrogens (tertiary/aromatic N) is 1. The van der Waals surface area contributed by atoms with Gasteiger partial charge in [-0.2, -0.15) is 0 Å². The molecule has 0 aliphatic rings. The summed E-state index contributed by atoms with van der Waals surface area (Å²) in [5, 5.41) is 2.71. The van der Waals surface area contributed by atoms with E-state index in [4.69, 9.17) is 9.47 Å². The van der Waals surface area contributed by atoms with E-state index < -0.39 is 6.04 Å². The Hall–Kier alpha value is -3.32. The highest BCUT2D eigenvalue weighted by molar-refractivity contribution is 9.10. The lowest BCUT2D eigenvalue weighted by molar-refractivity contribution is -0.142. The summed E-state index contributed by atoms with van der Waals surface area (Å²) in [6, 6.07) is 23.8. The molecule has 0 aliphatic carbocycles. The number of benzene rings is 3. The smallest absolute Gasteiger partial charge is 0.261 e. The first-order valence-corrected chi connectivity index (χ1v) is 11.4. The van der Waals surface area contributed by atoms with Crippen molar-refractivity contribution in [3.8, 4) is 11.5 Å². The fourth-order valence-electron chi connectivity index (χ4n) is 3.47. The molecule has 3 rings (SSSR count). The van der Waals surface area contributed by atoms with Gasteiger partial charge in [-0.05, 0) is 35.4 Å². The number of rotatable bonds is 10. The predicted octanol–water partition coefficient (Wildman–Crippen LogP) is 4.22. The molecule has 0 fully saturated rings. The number of ether oxygens (including phenoxy) is 2. The standard InChI is InChI=1S/C26H27BrN2O4/c1-28-26(31)22(16-19-8-4-3-5-9-19)29(17-20-12-14-21(27)15-13-20)25(30)18-33-24-11-7-6-10-23(24)32-2/h3-15,22H,16-18H2,1-2H3,(H,28,31). The zero-order valence-electron chi connectivity index (χ0n) is 18.7. The first-order chi connectivity index (χ1) is 16.0. The molecule has 1 atom stereocenters. The van der Waals surface area contributed by atoms with Crippen LogP contribution in [0.1, 0.15) is 11.1 Å². The normalized spacial score (nSPS) is 11.4. The molecule has 0 aromatic heterocycles. The van der Waals surface area contributed by atoms with Gasteiger partial charge in [0.1, 0.15) is 6.04 Å². The number of nitrogens with one attached hydrogen (secondary N) is 1. The van der Waals surface area contributed by atoms with Gasteiger partial charge in [-0.15, -0.1) is 0 Å². The Bertz CT molecular complexity index is 1060. The van der Waals surface area contributed by atoms with Gasteiger partial charge in [0.2, 0.25) is 5.91 Å². The minimum atomic E-state index is -0.699. The van der Waals surface area contributed by atoms with Gasteiger partial charge in [0.25, 0.3) is 5.91 Å². The monoisotopic (exact) mass is 510 g/mol. The van der Waals surface area contributed by atoms with E-state index in [1.165, 1.54) is 0 Å². The van der Waals surface area contributed by atoms with Crippen molar-refractivity contribution in [2.45, 2.75) is 19.0 Å². The van der Waals surface area contributed by atoms with E-state index in [0.29, 0.717) is 17.9 Å². The van der Waals surface area contributed by atoms with Crippen LogP contribution in [0.2, 0.25) is 0 Å². The molecule has 6 nitrogen and oxygen atoms in total. The van der Waals surface area contributed by atoms with Crippen LogP contribution >= 0.6 is 15.9 Å². The number of methoxy groups -OCH3 is 1. The van der Waals surface area contributed by atoms with Crippen molar-refractivity contribution in [3.05, 3.63) is 94.5 Å². The van der Waals surface area contributed by atoms with E-state index in [-0.39, 0.29) is 25.0 Å². The second-order valence-corrected chi connectivity index (χ2v) is 8.32. The van der Waals surface area contributed by atoms with Crippen molar-refractivity contribution >= 4 is 27.7 Å². The average Bonchev–Trinajstić information content (AvgIpc) is 2.86. The Balaban J connectivity index is 1.87. The molecule has 0 radical (unpaired) electrons. The largest absolute Gasteiger partial charge is 0.493 e. The molecular weight excluding hydrogens is 484 g/mol. The highest BCUT2D eigenvalue weighted by Crippen LogP contribution is 2.26. The lowest BCUT2D eigenvalue weighted by atomic mass is 10.0. The van der Waals surface area contributed by atoms with E-state index in [1.807, 2.05) is 66.7 Å². The van der Waals surface area contributed by atoms with Gasteiger partial charge < -0.3 is 19.7 Å². The summed E-state index contributed by atoms with van der Waals surface area (Å²) in [6.07, 6.45) is 0.386. The molecule has 0 spiro atoms. The van der Waals surface area contributed by atoms with E-state index in [9.17, 15) is 9.59 Å². The molecule has 172 valence electrons.